The Morgan fingerprint density at radius 1 is 1.31 bits per heavy atom. The Labute approximate surface area is 100 Å². The molecule has 2 atom stereocenters. The molecule has 2 fully saturated rings. The van der Waals surface area contributed by atoms with Crippen LogP contribution in [0.5, 0.6) is 0 Å². The summed E-state index contributed by atoms with van der Waals surface area (Å²) in [6.45, 7) is 5.86. The molecule has 2 rings (SSSR count). The van der Waals surface area contributed by atoms with Crippen molar-refractivity contribution in [1.82, 2.24) is 5.32 Å². The van der Waals surface area contributed by atoms with Crippen LogP contribution in [0.25, 0.3) is 0 Å². The predicted molar refractivity (Wildman–Crippen MR) is 67.5 cm³/mol. The maximum atomic E-state index is 5.30. The van der Waals surface area contributed by atoms with Crippen LogP contribution in [0.2, 0.25) is 0 Å². The second kappa shape index (κ2) is 5.50. The molecule has 2 heteroatoms. The van der Waals surface area contributed by atoms with Crippen molar-refractivity contribution in [1.29, 1.82) is 0 Å². The molecule has 0 aromatic heterocycles. The quantitative estimate of drug-likeness (QED) is 0.794. The van der Waals surface area contributed by atoms with Gasteiger partial charge in [0, 0.05) is 13.7 Å². The van der Waals surface area contributed by atoms with Crippen LogP contribution in [0.15, 0.2) is 0 Å². The van der Waals surface area contributed by atoms with Crippen molar-refractivity contribution in [2.75, 3.05) is 26.8 Å². The fourth-order valence-electron chi connectivity index (χ4n) is 3.80. The molecule has 0 spiro atoms. The van der Waals surface area contributed by atoms with Crippen LogP contribution in [0, 0.1) is 17.3 Å². The molecule has 16 heavy (non-hydrogen) atoms. The highest BCUT2D eigenvalue weighted by Crippen LogP contribution is 2.46. The fraction of sp³-hybridized carbons (Fsp3) is 1.00. The Kier molecular flexibility index (Phi) is 4.26. The van der Waals surface area contributed by atoms with Gasteiger partial charge >= 0.3 is 0 Å². The van der Waals surface area contributed by atoms with Gasteiger partial charge in [-0.3, -0.25) is 0 Å². The molecule has 0 aromatic carbocycles. The Hall–Kier alpha value is -0.0800. The topological polar surface area (TPSA) is 21.3 Å². The molecule has 0 aromatic rings. The summed E-state index contributed by atoms with van der Waals surface area (Å²) in [5.74, 6) is 1.87. The fourth-order valence-corrected chi connectivity index (χ4v) is 3.80. The Morgan fingerprint density at radius 3 is 2.75 bits per heavy atom. The van der Waals surface area contributed by atoms with Crippen molar-refractivity contribution in [2.45, 2.75) is 45.4 Å². The van der Waals surface area contributed by atoms with Crippen LogP contribution in [0.4, 0.5) is 0 Å². The summed E-state index contributed by atoms with van der Waals surface area (Å²) in [5.41, 5.74) is 0.524. The first-order valence-corrected chi connectivity index (χ1v) is 6.96. The van der Waals surface area contributed by atoms with Crippen LogP contribution in [-0.2, 0) is 4.74 Å². The molecule has 1 saturated heterocycles. The van der Waals surface area contributed by atoms with Crippen molar-refractivity contribution in [3.05, 3.63) is 0 Å². The molecule has 1 aliphatic heterocycles. The molecule has 2 unspecified atom stereocenters. The van der Waals surface area contributed by atoms with Crippen LogP contribution < -0.4 is 5.32 Å². The Bertz CT molecular complexity index is 213. The van der Waals surface area contributed by atoms with Crippen LogP contribution >= 0.6 is 0 Å². The van der Waals surface area contributed by atoms with Crippen molar-refractivity contribution in [3.8, 4) is 0 Å². The first-order chi connectivity index (χ1) is 7.76. The van der Waals surface area contributed by atoms with Gasteiger partial charge in [0.05, 0.1) is 0 Å². The van der Waals surface area contributed by atoms with E-state index in [2.05, 4.69) is 12.2 Å². The zero-order chi connectivity index (χ0) is 11.4. The first-order valence-electron chi connectivity index (χ1n) is 6.96. The monoisotopic (exact) mass is 225 g/mol. The average molecular weight is 225 g/mol. The van der Waals surface area contributed by atoms with E-state index >= 15 is 0 Å². The van der Waals surface area contributed by atoms with E-state index in [-0.39, 0.29) is 0 Å². The van der Waals surface area contributed by atoms with E-state index in [0.29, 0.717) is 5.41 Å². The largest absolute Gasteiger partial charge is 0.385 e. The third-order valence-electron chi connectivity index (χ3n) is 4.98. The lowest BCUT2D eigenvalue weighted by Gasteiger charge is -2.45. The number of piperidine rings is 1. The Morgan fingerprint density at radius 2 is 2.06 bits per heavy atom. The summed E-state index contributed by atoms with van der Waals surface area (Å²) in [4.78, 5) is 0. The van der Waals surface area contributed by atoms with Crippen LogP contribution in [0.3, 0.4) is 0 Å². The van der Waals surface area contributed by atoms with Gasteiger partial charge in [0.15, 0.2) is 0 Å². The van der Waals surface area contributed by atoms with E-state index in [1.807, 2.05) is 7.11 Å². The number of methoxy groups -OCH3 is 1. The Balaban J connectivity index is 1.99. The highest BCUT2D eigenvalue weighted by atomic mass is 16.5. The number of nitrogens with one attached hydrogen (secondary N) is 1. The molecule has 1 heterocycles. The molecule has 1 saturated carbocycles. The molecule has 0 bridgehead atoms. The summed E-state index contributed by atoms with van der Waals surface area (Å²) in [5, 5.41) is 3.60. The minimum atomic E-state index is 0.524. The summed E-state index contributed by atoms with van der Waals surface area (Å²) in [6, 6.07) is 0. The van der Waals surface area contributed by atoms with Crippen molar-refractivity contribution in [3.63, 3.8) is 0 Å². The van der Waals surface area contributed by atoms with Gasteiger partial charge in [-0.1, -0.05) is 32.6 Å². The number of hydrogen-bond donors (Lipinski definition) is 1. The van der Waals surface area contributed by atoms with Gasteiger partial charge < -0.3 is 10.1 Å². The molecule has 94 valence electrons. The lowest BCUT2D eigenvalue weighted by Crippen LogP contribution is -2.46. The van der Waals surface area contributed by atoms with Gasteiger partial charge in [-0.05, 0) is 43.2 Å². The highest BCUT2D eigenvalue weighted by molar-refractivity contribution is 4.93. The molecule has 1 N–H and O–H groups in total. The van der Waals surface area contributed by atoms with E-state index in [1.54, 1.807) is 0 Å². The SMILES string of the molecule is COCCC1(C)CCNCC1C1CCCC1. The van der Waals surface area contributed by atoms with Gasteiger partial charge in [-0.2, -0.15) is 0 Å². The standard InChI is InChI=1S/C14H27NO/c1-14(8-10-16-2)7-9-15-11-13(14)12-5-3-4-6-12/h12-13,15H,3-11H2,1-2H3. The van der Waals surface area contributed by atoms with Gasteiger partial charge in [0.1, 0.15) is 0 Å². The minimum absolute atomic E-state index is 0.524. The second-order valence-electron chi connectivity index (χ2n) is 6.00. The smallest absolute Gasteiger partial charge is 0.0467 e. The van der Waals surface area contributed by atoms with Gasteiger partial charge in [0.2, 0.25) is 0 Å². The number of ether oxygens (including phenoxy) is 1. The molecular weight excluding hydrogens is 198 g/mol. The van der Waals surface area contributed by atoms with Gasteiger partial charge in [-0.25, -0.2) is 0 Å². The molecule has 2 aliphatic rings. The van der Waals surface area contributed by atoms with Crippen LogP contribution in [-0.4, -0.2) is 26.8 Å². The lowest BCUT2D eigenvalue weighted by atomic mass is 9.65. The first kappa shape index (κ1) is 12.4. The zero-order valence-corrected chi connectivity index (χ0v) is 10.9. The average Bonchev–Trinajstić information content (AvgIpc) is 2.80. The zero-order valence-electron chi connectivity index (χ0n) is 10.9. The van der Waals surface area contributed by atoms with Crippen molar-refractivity contribution < 1.29 is 4.74 Å². The van der Waals surface area contributed by atoms with E-state index in [9.17, 15) is 0 Å². The summed E-state index contributed by atoms with van der Waals surface area (Å²) in [6.07, 6.45) is 8.43. The minimum Gasteiger partial charge on any atom is -0.385 e. The van der Waals surface area contributed by atoms with E-state index in [0.717, 1.165) is 18.4 Å². The maximum absolute atomic E-state index is 5.30. The molecule has 1 aliphatic carbocycles. The van der Waals surface area contributed by atoms with Gasteiger partial charge in [0.25, 0.3) is 0 Å². The number of rotatable bonds is 4. The lowest BCUT2D eigenvalue weighted by molar-refractivity contribution is 0.0407. The third-order valence-corrected chi connectivity index (χ3v) is 4.98. The van der Waals surface area contributed by atoms with E-state index in [1.165, 1.54) is 51.6 Å². The van der Waals surface area contributed by atoms with Crippen molar-refractivity contribution in [2.24, 2.45) is 17.3 Å². The summed E-state index contributed by atoms with van der Waals surface area (Å²) in [7, 11) is 1.83. The van der Waals surface area contributed by atoms with E-state index < -0.39 is 0 Å². The predicted octanol–water partition coefficient (Wildman–Crippen LogP) is 2.83. The summed E-state index contributed by atoms with van der Waals surface area (Å²) < 4.78 is 5.30. The molecule has 0 amide bonds. The van der Waals surface area contributed by atoms with Crippen LogP contribution in [0.1, 0.15) is 45.4 Å². The number of hydrogen-bond acceptors (Lipinski definition) is 2. The third kappa shape index (κ3) is 2.60. The maximum Gasteiger partial charge on any atom is 0.0467 e. The second-order valence-corrected chi connectivity index (χ2v) is 6.00. The van der Waals surface area contributed by atoms with E-state index in [4.69, 9.17) is 4.74 Å². The molecule has 2 nitrogen and oxygen atoms in total. The highest BCUT2D eigenvalue weighted by Gasteiger charge is 2.41. The normalized spacial score (nSPS) is 36.8. The summed E-state index contributed by atoms with van der Waals surface area (Å²) >= 11 is 0. The molecule has 0 radical (unpaired) electrons. The van der Waals surface area contributed by atoms with Crippen molar-refractivity contribution >= 4 is 0 Å². The molecular formula is C14H27NO. The van der Waals surface area contributed by atoms with Gasteiger partial charge in [-0.15, -0.1) is 0 Å².